The summed E-state index contributed by atoms with van der Waals surface area (Å²) in [5.41, 5.74) is 1.97. The van der Waals surface area contributed by atoms with E-state index in [4.69, 9.17) is 0 Å². The largest absolute Gasteiger partial charge is 0.507 e. The molecule has 2 N–H and O–H groups in total. The minimum absolute atomic E-state index is 0.439. The van der Waals surface area contributed by atoms with Crippen LogP contribution in [-0.2, 0) is 6.54 Å². The first-order valence-corrected chi connectivity index (χ1v) is 8.66. The molecule has 1 saturated heterocycles. The van der Waals surface area contributed by atoms with Crippen molar-refractivity contribution in [1.82, 2.24) is 10.2 Å². The average Bonchev–Trinajstić information content (AvgIpc) is 2.44. The van der Waals surface area contributed by atoms with E-state index < -0.39 is 0 Å². The average molecular weight is 388 g/mol. The topological polar surface area (TPSA) is 35.5 Å². The second kappa shape index (κ2) is 8.20. The van der Waals surface area contributed by atoms with Crippen molar-refractivity contribution in [2.24, 2.45) is 0 Å². The number of piperidine rings is 1. The van der Waals surface area contributed by atoms with E-state index >= 15 is 0 Å². The first-order chi connectivity index (χ1) is 9.66. The van der Waals surface area contributed by atoms with E-state index in [0.717, 1.165) is 24.2 Å². The first-order valence-electron chi connectivity index (χ1n) is 7.58. The summed E-state index contributed by atoms with van der Waals surface area (Å²) < 4.78 is 1.18. The van der Waals surface area contributed by atoms with Crippen LogP contribution < -0.4 is 5.32 Å². The third-order valence-electron chi connectivity index (χ3n) is 3.94. The lowest BCUT2D eigenvalue weighted by atomic mass is 10.1. The Morgan fingerprint density at radius 1 is 1.25 bits per heavy atom. The maximum absolute atomic E-state index is 10.0. The van der Waals surface area contributed by atoms with Crippen LogP contribution in [0.4, 0.5) is 0 Å². The molecular formula is C16H25IN2O. The van der Waals surface area contributed by atoms with Gasteiger partial charge in [0.1, 0.15) is 5.75 Å². The maximum Gasteiger partial charge on any atom is 0.123 e. The van der Waals surface area contributed by atoms with Crippen molar-refractivity contribution in [2.45, 2.75) is 39.2 Å². The number of hydrogen-bond donors (Lipinski definition) is 2. The lowest BCUT2D eigenvalue weighted by Gasteiger charge is -2.26. The second-order valence-corrected chi connectivity index (χ2v) is 6.91. The van der Waals surface area contributed by atoms with E-state index in [1.165, 1.54) is 48.9 Å². The highest BCUT2D eigenvalue weighted by Gasteiger charge is 2.09. The molecule has 2 rings (SSSR count). The Morgan fingerprint density at radius 2 is 2.00 bits per heavy atom. The summed E-state index contributed by atoms with van der Waals surface area (Å²) in [5.74, 6) is 0.439. The molecular weight excluding hydrogens is 363 g/mol. The van der Waals surface area contributed by atoms with Crippen molar-refractivity contribution < 1.29 is 5.11 Å². The summed E-state index contributed by atoms with van der Waals surface area (Å²) >= 11 is 2.30. The molecule has 1 aromatic rings. The van der Waals surface area contributed by atoms with Gasteiger partial charge in [-0.3, -0.25) is 0 Å². The zero-order valence-corrected chi connectivity index (χ0v) is 14.4. The number of benzene rings is 1. The zero-order valence-electron chi connectivity index (χ0n) is 12.3. The Labute approximate surface area is 135 Å². The zero-order chi connectivity index (χ0) is 14.4. The van der Waals surface area contributed by atoms with Crippen LogP contribution in [0.3, 0.4) is 0 Å². The SMILES string of the molecule is Cc1cc(I)cc(CNCCCN2CCCCC2)c1O. The fourth-order valence-corrected chi connectivity index (χ4v) is 3.62. The van der Waals surface area contributed by atoms with Gasteiger partial charge in [0.25, 0.3) is 0 Å². The van der Waals surface area contributed by atoms with Crippen LogP contribution in [0.1, 0.15) is 36.8 Å². The molecule has 0 amide bonds. The maximum atomic E-state index is 10.0. The molecule has 3 nitrogen and oxygen atoms in total. The van der Waals surface area contributed by atoms with E-state index in [2.05, 4.69) is 38.9 Å². The van der Waals surface area contributed by atoms with Gasteiger partial charge in [0.2, 0.25) is 0 Å². The summed E-state index contributed by atoms with van der Waals surface area (Å²) in [6, 6.07) is 4.07. The number of aromatic hydroxyl groups is 1. The molecule has 0 radical (unpaired) electrons. The molecule has 4 heteroatoms. The Balaban J connectivity index is 1.68. The highest BCUT2D eigenvalue weighted by Crippen LogP contribution is 2.24. The minimum atomic E-state index is 0.439. The van der Waals surface area contributed by atoms with E-state index in [9.17, 15) is 5.11 Å². The van der Waals surface area contributed by atoms with Gasteiger partial charge < -0.3 is 15.3 Å². The molecule has 0 aliphatic carbocycles. The van der Waals surface area contributed by atoms with Crippen molar-refractivity contribution in [3.8, 4) is 5.75 Å². The quantitative estimate of drug-likeness (QED) is 0.580. The lowest BCUT2D eigenvalue weighted by Crippen LogP contribution is -2.32. The molecule has 1 heterocycles. The van der Waals surface area contributed by atoms with Crippen molar-refractivity contribution >= 4 is 22.6 Å². The van der Waals surface area contributed by atoms with Gasteiger partial charge in [-0.2, -0.15) is 0 Å². The molecule has 20 heavy (non-hydrogen) atoms. The summed E-state index contributed by atoms with van der Waals surface area (Å²) in [7, 11) is 0. The minimum Gasteiger partial charge on any atom is -0.507 e. The van der Waals surface area contributed by atoms with Gasteiger partial charge in [-0.15, -0.1) is 0 Å². The summed E-state index contributed by atoms with van der Waals surface area (Å²) in [6.07, 6.45) is 5.32. The number of hydrogen-bond acceptors (Lipinski definition) is 3. The standard InChI is InChI=1S/C16H25IN2O/c1-13-10-15(17)11-14(16(13)20)12-18-6-5-9-19-7-3-2-4-8-19/h10-11,18,20H,2-9,12H2,1H3. The molecule has 0 aromatic heterocycles. The number of likely N-dealkylation sites (tertiary alicyclic amines) is 1. The molecule has 0 atom stereocenters. The van der Waals surface area contributed by atoms with E-state index in [-0.39, 0.29) is 0 Å². The molecule has 1 fully saturated rings. The number of rotatable bonds is 6. The monoisotopic (exact) mass is 388 g/mol. The predicted octanol–water partition coefficient (Wildman–Crippen LogP) is 3.27. The second-order valence-electron chi connectivity index (χ2n) is 5.66. The fraction of sp³-hybridized carbons (Fsp3) is 0.625. The van der Waals surface area contributed by atoms with Gasteiger partial charge in [0, 0.05) is 15.7 Å². The number of aryl methyl sites for hydroxylation is 1. The van der Waals surface area contributed by atoms with Crippen molar-refractivity contribution in [2.75, 3.05) is 26.2 Å². The van der Waals surface area contributed by atoms with Crippen LogP contribution in [-0.4, -0.2) is 36.2 Å². The summed E-state index contributed by atoms with van der Waals surface area (Å²) in [5, 5.41) is 13.5. The molecule has 1 aliphatic rings. The number of phenols is 1. The molecule has 0 unspecified atom stereocenters. The Hall–Kier alpha value is -0.330. The normalized spacial score (nSPS) is 16.5. The van der Waals surface area contributed by atoms with Gasteiger partial charge in [-0.1, -0.05) is 6.42 Å². The van der Waals surface area contributed by atoms with Gasteiger partial charge in [0.15, 0.2) is 0 Å². The van der Waals surface area contributed by atoms with Crippen LogP contribution in [0.15, 0.2) is 12.1 Å². The Bertz CT molecular complexity index is 431. The van der Waals surface area contributed by atoms with Crippen molar-refractivity contribution in [3.63, 3.8) is 0 Å². The van der Waals surface area contributed by atoms with Gasteiger partial charge in [0.05, 0.1) is 0 Å². The van der Waals surface area contributed by atoms with Gasteiger partial charge in [-0.05, 0) is 92.7 Å². The van der Waals surface area contributed by atoms with Crippen LogP contribution in [0.5, 0.6) is 5.75 Å². The highest BCUT2D eigenvalue weighted by molar-refractivity contribution is 14.1. The van der Waals surface area contributed by atoms with Crippen molar-refractivity contribution in [1.29, 1.82) is 0 Å². The Kier molecular flexibility index (Phi) is 6.58. The summed E-state index contributed by atoms with van der Waals surface area (Å²) in [4.78, 5) is 2.57. The molecule has 0 saturated carbocycles. The molecule has 0 bridgehead atoms. The van der Waals surface area contributed by atoms with Gasteiger partial charge in [-0.25, -0.2) is 0 Å². The van der Waals surface area contributed by atoms with Crippen molar-refractivity contribution in [3.05, 3.63) is 26.8 Å². The van der Waals surface area contributed by atoms with Crippen LogP contribution in [0, 0.1) is 10.5 Å². The van der Waals surface area contributed by atoms with Crippen LogP contribution in [0.25, 0.3) is 0 Å². The molecule has 1 aromatic carbocycles. The van der Waals surface area contributed by atoms with E-state index in [0.29, 0.717) is 5.75 Å². The molecule has 1 aliphatic heterocycles. The third-order valence-corrected chi connectivity index (χ3v) is 4.56. The number of nitrogens with one attached hydrogen (secondary N) is 1. The number of halogens is 1. The predicted molar refractivity (Wildman–Crippen MR) is 92.2 cm³/mol. The molecule has 0 spiro atoms. The van der Waals surface area contributed by atoms with E-state index in [1.54, 1.807) is 0 Å². The Morgan fingerprint density at radius 3 is 2.75 bits per heavy atom. The van der Waals surface area contributed by atoms with E-state index in [1.807, 2.05) is 13.0 Å². The van der Waals surface area contributed by atoms with Crippen LogP contribution in [0.2, 0.25) is 0 Å². The third kappa shape index (κ3) is 4.90. The highest BCUT2D eigenvalue weighted by atomic mass is 127. The fourth-order valence-electron chi connectivity index (χ4n) is 2.77. The first kappa shape index (κ1) is 16.0. The number of phenolic OH excluding ortho intramolecular Hbond substituents is 1. The lowest BCUT2D eigenvalue weighted by molar-refractivity contribution is 0.225. The van der Waals surface area contributed by atoms with Crippen LogP contribution >= 0.6 is 22.6 Å². The van der Waals surface area contributed by atoms with Gasteiger partial charge >= 0.3 is 0 Å². The molecule has 112 valence electrons. The smallest absolute Gasteiger partial charge is 0.123 e. The summed E-state index contributed by atoms with van der Waals surface area (Å²) in [6.45, 7) is 7.47. The number of nitrogens with zero attached hydrogens (tertiary/aromatic N) is 1.